The molecule has 1 amide bonds. The molecule has 0 radical (unpaired) electrons. The molecule has 1 N–H and O–H groups in total. The molecule has 0 saturated heterocycles. The highest BCUT2D eigenvalue weighted by Gasteiger charge is 2.16. The zero-order valence-corrected chi connectivity index (χ0v) is 10.5. The molecule has 0 fully saturated rings. The van der Waals surface area contributed by atoms with Crippen LogP contribution >= 0.6 is 0 Å². The molecule has 0 atom stereocenters. The van der Waals surface area contributed by atoms with Crippen molar-refractivity contribution in [3.8, 4) is 0 Å². The molecule has 0 heterocycles. The van der Waals surface area contributed by atoms with Crippen LogP contribution in [-0.4, -0.2) is 37.2 Å². The largest absolute Gasteiger partial charge is 0.481 e. The van der Waals surface area contributed by atoms with Crippen LogP contribution in [0.5, 0.6) is 0 Å². The quantitative estimate of drug-likeness (QED) is 0.831. The van der Waals surface area contributed by atoms with Gasteiger partial charge in [-0.15, -0.1) is 0 Å². The number of aliphatic carboxylic acids is 1. The maximum absolute atomic E-state index is 11.8. The molecular formula is C13H17NO4. The second-order valence-corrected chi connectivity index (χ2v) is 3.96. The topological polar surface area (TPSA) is 66.8 Å². The van der Waals surface area contributed by atoms with E-state index in [9.17, 15) is 9.59 Å². The molecule has 0 spiro atoms. The van der Waals surface area contributed by atoms with Gasteiger partial charge in [-0.2, -0.15) is 0 Å². The second kappa shape index (κ2) is 6.76. The molecule has 98 valence electrons. The van der Waals surface area contributed by atoms with Crippen molar-refractivity contribution >= 4 is 17.6 Å². The number of rotatable bonds is 6. The number of carbonyl (C=O) groups excluding carboxylic acids is 1. The fraction of sp³-hybridized carbons (Fsp3) is 0.385. The minimum atomic E-state index is -0.933. The second-order valence-electron chi connectivity index (χ2n) is 3.96. The summed E-state index contributed by atoms with van der Waals surface area (Å²) >= 11 is 0. The van der Waals surface area contributed by atoms with Crippen LogP contribution in [0.25, 0.3) is 0 Å². The van der Waals surface area contributed by atoms with E-state index in [1.807, 2.05) is 19.1 Å². The van der Waals surface area contributed by atoms with Crippen molar-refractivity contribution in [1.82, 2.24) is 0 Å². The third-order valence-electron chi connectivity index (χ3n) is 2.46. The van der Waals surface area contributed by atoms with Gasteiger partial charge in [0, 0.05) is 19.3 Å². The van der Waals surface area contributed by atoms with E-state index >= 15 is 0 Å². The molecule has 0 aliphatic carbocycles. The number of anilines is 1. The Bertz CT molecular complexity index is 414. The zero-order chi connectivity index (χ0) is 13.5. The molecule has 1 aromatic carbocycles. The van der Waals surface area contributed by atoms with Gasteiger partial charge in [-0.25, -0.2) is 0 Å². The highest BCUT2D eigenvalue weighted by Crippen LogP contribution is 2.15. The number of nitrogens with zero attached hydrogens (tertiary/aromatic N) is 1. The van der Waals surface area contributed by atoms with Gasteiger partial charge in [0.05, 0.1) is 6.42 Å². The first kappa shape index (κ1) is 14.2. The molecule has 0 aliphatic heterocycles. The summed E-state index contributed by atoms with van der Waals surface area (Å²) in [6, 6.07) is 7.35. The third-order valence-corrected chi connectivity index (χ3v) is 2.46. The molecule has 0 aromatic heterocycles. The number of carboxylic acids is 1. The van der Waals surface area contributed by atoms with Crippen molar-refractivity contribution in [2.24, 2.45) is 0 Å². The van der Waals surface area contributed by atoms with E-state index in [4.69, 9.17) is 9.84 Å². The maximum Gasteiger partial charge on any atom is 0.305 e. The molecule has 0 saturated carbocycles. The summed E-state index contributed by atoms with van der Waals surface area (Å²) in [6.07, 6.45) is -0.0939. The lowest BCUT2D eigenvalue weighted by atomic mass is 10.2. The summed E-state index contributed by atoms with van der Waals surface area (Å²) in [5.74, 6) is -1.18. The Hall–Kier alpha value is -1.88. The van der Waals surface area contributed by atoms with Gasteiger partial charge in [-0.3, -0.25) is 9.59 Å². The van der Waals surface area contributed by atoms with Gasteiger partial charge in [0.2, 0.25) is 0 Å². The molecule has 5 heteroatoms. The normalized spacial score (nSPS) is 10.1. The first-order valence-corrected chi connectivity index (χ1v) is 5.62. The third kappa shape index (κ3) is 4.18. The van der Waals surface area contributed by atoms with Crippen molar-refractivity contribution in [3.63, 3.8) is 0 Å². The fourth-order valence-corrected chi connectivity index (χ4v) is 1.53. The van der Waals surface area contributed by atoms with Gasteiger partial charge in [0.25, 0.3) is 5.91 Å². The average molecular weight is 251 g/mol. The Labute approximate surface area is 106 Å². The van der Waals surface area contributed by atoms with Crippen LogP contribution in [-0.2, 0) is 14.3 Å². The summed E-state index contributed by atoms with van der Waals surface area (Å²) in [7, 11) is 1.43. The van der Waals surface area contributed by atoms with Gasteiger partial charge >= 0.3 is 5.97 Å². The number of hydrogen-bond acceptors (Lipinski definition) is 3. The zero-order valence-electron chi connectivity index (χ0n) is 10.5. The average Bonchev–Trinajstić information content (AvgIpc) is 2.31. The summed E-state index contributed by atoms with van der Waals surface area (Å²) in [5.41, 5.74) is 1.76. The Morgan fingerprint density at radius 3 is 2.39 bits per heavy atom. The van der Waals surface area contributed by atoms with Crippen LogP contribution in [0.15, 0.2) is 24.3 Å². The van der Waals surface area contributed by atoms with Crippen molar-refractivity contribution < 1.29 is 19.4 Å². The van der Waals surface area contributed by atoms with E-state index in [0.717, 1.165) is 5.56 Å². The van der Waals surface area contributed by atoms with E-state index in [2.05, 4.69) is 0 Å². The molecule has 0 bridgehead atoms. The van der Waals surface area contributed by atoms with Crippen molar-refractivity contribution in [3.05, 3.63) is 29.8 Å². The van der Waals surface area contributed by atoms with E-state index in [1.54, 1.807) is 12.1 Å². The van der Waals surface area contributed by atoms with Crippen LogP contribution in [0.4, 0.5) is 5.69 Å². The Balaban J connectivity index is 2.85. The number of amides is 1. The van der Waals surface area contributed by atoms with Gasteiger partial charge in [-0.05, 0) is 19.1 Å². The summed E-state index contributed by atoms with van der Waals surface area (Å²) in [6.45, 7) is 2.02. The summed E-state index contributed by atoms with van der Waals surface area (Å²) in [4.78, 5) is 23.9. The van der Waals surface area contributed by atoms with E-state index < -0.39 is 5.97 Å². The van der Waals surface area contributed by atoms with E-state index in [1.165, 1.54) is 12.0 Å². The van der Waals surface area contributed by atoms with Crippen LogP contribution in [0.2, 0.25) is 0 Å². The molecule has 0 unspecified atom stereocenters. The Morgan fingerprint density at radius 2 is 1.89 bits per heavy atom. The first-order chi connectivity index (χ1) is 8.54. The lowest BCUT2D eigenvalue weighted by Gasteiger charge is -2.22. The lowest BCUT2D eigenvalue weighted by Crippen LogP contribution is -2.35. The molecule has 0 aliphatic rings. The number of hydrogen-bond donors (Lipinski definition) is 1. The number of methoxy groups -OCH3 is 1. The standard InChI is InChI=1S/C13H17NO4/c1-10-3-5-11(6-4-10)14(8-7-13(16)17)12(15)9-18-2/h3-6H,7-9H2,1-2H3,(H,16,17). The Morgan fingerprint density at radius 1 is 1.28 bits per heavy atom. The minimum absolute atomic E-state index is 0.0620. The van der Waals surface area contributed by atoms with Crippen molar-refractivity contribution in [1.29, 1.82) is 0 Å². The molecule has 1 rings (SSSR count). The van der Waals surface area contributed by atoms with Crippen molar-refractivity contribution in [2.75, 3.05) is 25.2 Å². The smallest absolute Gasteiger partial charge is 0.305 e. The van der Waals surface area contributed by atoms with Crippen LogP contribution in [0, 0.1) is 6.92 Å². The van der Waals surface area contributed by atoms with Crippen LogP contribution < -0.4 is 4.90 Å². The molecule has 1 aromatic rings. The molecular weight excluding hydrogens is 234 g/mol. The molecule has 5 nitrogen and oxygen atoms in total. The van der Waals surface area contributed by atoms with Gasteiger partial charge in [0.1, 0.15) is 6.61 Å². The summed E-state index contributed by atoms with van der Waals surface area (Å²) in [5, 5.41) is 8.70. The van der Waals surface area contributed by atoms with Crippen LogP contribution in [0.3, 0.4) is 0 Å². The Kier molecular flexibility index (Phi) is 5.32. The predicted octanol–water partition coefficient (Wildman–Crippen LogP) is 1.45. The molecule has 18 heavy (non-hydrogen) atoms. The fourth-order valence-electron chi connectivity index (χ4n) is 1.53. The maximum atomic E-state index is 11.8. The number of aryl methyl sites for hydroxylation is 1. The lowest BCUT2D eigenvalue weighted by molar-refractivity contribution is -0.136. The number of ether oxygens (including phenoxy) is 1. The van der Waals surface area contributed by atoms with E-state index in [0.29, 0.717) is 5.69 Å². The van der Waals surface area contributed by atoms with Crippen LogP contribution in [0.1, 0.15) is 12.0 Å². The highest BCUT2D eigenvalue weighted by atomic mass is 16.5. The number of carbonyl (C=O) groups is 2. The van der Waals surface area contributed by atoms with Gasteiger partial charge in [0.15, 0.2) is 0 Å². The highest BCUT2D eigenvalue weighted by molar-refractivity contribution is 5.94. The number of carboxylic acid groups (broad SMARTS) is 1. The first-order valence-electron chi connectivity index (χ1n) is 5.62. The van der Waals surface area contributed by atoms with Gasteiger partial charge in [-0.1, -0.05) is 17.7 Å². The minimum Gasteiger partial charge on any atom is -0.481 e. The predicted molar refractivity (Wildman–Crippen MR) is 67.7 cm³/mol. The van der Waals surface area contributed by atoms with Gasteiger partial charge < -0.3 is 14.7 Å². The number of benzene rings is 1. The van der Waals surface area contributed by atoms with Crippen molar-refractivity contribution in [2.45, 2.75) is 13.3 Å². The summed E-state index contributed by atoms with van der Waals surface area (Å²) < 4.78 is 4.80. The monoisotopic (exact) mass is 251 g/mol. The van der Waals surface area contributed by atoms with E-state index in [-0.39, 0.29) is 25.5 Å². The SMILES string of the molecule is COCC(=O)N(CCC(=O)O)c1ccc(C)cc1.